The van der Waals surface area contributed by atoms with Crippen LogP contribution in [-0.2, 0) is 63.2 Å². The summed E-state index contributed by atoms with van der Waals surface area (Å²) in [6, 6.07) is 0. The van der Waals surface area contributed by atoms with Crippen LogP contribution in [0.15, 0.2) is 85.8 Å². The van der Waals surface area contributed by atoms with Crippen molar-refractivity contribution in [1.29, 1.82) is 0 Å². The molecule has 4 aliphatic heterocycles. The van der Waals surface area contributed by atoms with Gasteiger partial charge in [-0.3, -0.25) is 40.5 Å². The second kappa shape index (κ2) is 29.3. The summed E-state index contributed by atoms with van der Waals surface area (Å²) < 4.78 is 0. The predicted octanol–water partition coefficient (Wildman–Crippen LogP) is 5.02. The van der Waals surface area contributed by atoms with Gasteiger partial charge in [0.15, 0.2) is 0 Å². The molecule has 8 N–H and O–H groups in total. The fourth-order valence-corrected chi connectivity index (χ4v) is 5.64. The molecular formula is C24H16Cl8N20O12Pt3. The van der Waals surface area contributed by atoms with Crippen molar-refractivity contribution in [3.8, 4) is 0 Å². The van der Waals surface area contributed by atoms with E-state index >= 15 is 0 Å². The molecule has 0 saturated carbocycles. The molecule has 4 rings (SSSR count). The summed E-state index contributed by atoms with van der Waals surface area (Å²) >= 11 is 44.0. The van der Waals surface area contributed by atoms with E-state index in [9.17, 15) is 60.9 Å². The number of nitrogens with zero attached hydrogens (tertiary/aromatic N) is 12. The van der Waals surface area contributed by atoms with Crippen LogP contribution in [0.4, 0.5) is 0 Å². The van der Waals surface area contributed by atoms with E-state index in [0.29, 0.717) is 0 Å². The molecule has 0 bridgehead atoms. The monoisotopic (exact) mass is 1640 g/mol. The minimum atomic E-state index is -1.17. The van der Waals surface area contributed by atoms with Crippen LogP contribution in [0, 0.1) is 40.5 Å². The van der Waals surface area contributed by atoms with E-state index in [1.54, 1.807) is 0 Å². The molecule has 0 aliphatic carbocycles. The summed E-state index contributed by atoms with van der Waals surface area (Å²) in [4.78, 5) is 38.0. The van der Waals surface area contributed by atoms with Crippen LogP contribution in [0.2, 0.25) is 0 Å². The Balaban J connectivity index is -0.000000803. The van der Waals surface area contributed by atoms with Crippen LogP contribution >= 0.6 is 92.8 Å². The Morgan fingerprint density at radius 3 is 0.597 bits per heavy atom. The summed E-state index contributed by atoms with van der Waals surface area (Å²) in [7, 11) is 0. The topological polar surface area (TPSA) is 524 Å². The third-order valence-electron chi connectivity index (χ3n) is 6.78. The molecule has 0 aromatic carbocycles. The van der Waals surface area contributed by atoms with Crippen molar-refractivity contribution >= 4 is 116 Å². The Bertz CT molecular complexity index is 2100. The normalized spacial score (nSPS) is 15.2. The number of nitro groups is 4. The number of hydrogen-bond acceptors (Lipinski definition) is 12. The van der Waals surface area contributed by atoms with E-state index in [-0.39, 0.29) is 129 Å². The van der Waals surface area contributed by atoms with Crippen LogP contribution in [0.5, 0.6) is 0 Å². The van der Waals surface area contributed by atoms with E-state index < -0.39 is 108 Å². The average molecular weight is 1650 g/mol. The first kappa shape index (κ1) is 66.7. The first-order valence-electron chi connectivity index (χ1n) is 14.9. The van der Waals surface area contributed by atoms with Crippen LogP contribution in [0.1, 0.15) is 0 Å². The molecule has 0 saturated heterocycles. The number of halogens is 8. The standard InChI is InChI=1S/4C6H5Cl2N5O3.3Pt/c4*7-3-4(13(15)16)2(1-11-5(3)8)6(14)12(9)10;;;/h4*1H2,(H3-,9,10,14);;;/q4*-2;3*+4/p-4. The zero-order chi connectivity index (χ0) is 49.8. The van der Waals surface area contributed by atoms with Crippen LogP contribution in [0.3, 0.4) is 0 Å². The molecule has 0 aromatic heterocycles. The maximum atomic E-state index is 11.3. The Labute approximate surface area is 455 Å². The summed E-state index contributed by atoms with van der Waals surface area (Å²) in [6.07, 6.45) is 0. The van der Waals surface area contributed by atoms with Crippen molar-refractivity contribution in [3.05, 3.63) is 194 Å². The van der Waals surface area contributed by atoms with Crippen molar-refractivity contribution in [2.24, 2.45) is 0 Å². The van der Waals surface area contributed by atoms with Gasteiger partial charge in [0.05, 0.1) is 42.0 Å². The molecule has 43 heteroatoms. The molecular weight excluding hydrogens is 1630 g/mol. The minimum Gasteiger partial charge on any atom is -0.823 e. The second-order valence-corrected chi connectivity index (χ2v) is 13.5. The Hall–Kier alpha value is -4.62. The van der Waals surface area contributed by atoms with Crippen LogP contribution in [0.25, 0.3) is 68.0 Å². The van der Waals surface area contributed by atoms with Crippen molar-refractivity contribution in [1.82, 2.24) is 0 Å². The number of allylic oxidation sites excluding steroid dienone is 4. The molecule has 4 heterocycles. The first-order chi connectivity index (χ1) is 29.4. The summed E-state index contributed by atoms with van der Waals surface area (Å²) in [5.41, 5.74) is -4.61. The predicted molar refractivity (Wildman–Crippen MR) is 220 cm³/mol. The largest absolute Gasteiger partial charge is 4.00 e. The van der Waals surface area contributed by atoms with Gasteiger partial charge in [0.1, 0.15) is 43.7 Å². The molecule has 4 aliphatic rings. The Morgan fingerprint density at radius 1 is 0.358 bits per heavy atom. The van der Waals surface area contributed by atoms with Crippen LogP contribution in [-0.4, -0.2) is 88.6 Å². The first-order valence-corrected chi connectivity index (χ1v) is 18.0. The Kier molecular flexibility index (Phi) is 29.2. The molecule has 370 valence electrons. The van der Waals surface area contributed by atoms with Crippen LogP contribution < -0.4 is 20.4 Å². The quantitative estimate of drug-likeness (QED) is 0.0772. The molecule has 0 fully saturated rings. The summed E-state index contributed by atoms with van der Waals surface area (Å²) in [6.45, 7) is -1.51. The van der Waals surface area contributed by atoms with Gasteiger partial charge in [-0.15, -0.1) is 46.4 Å². The third-order valence-corrected chi connectivity index (χ3v) is 9.83. The maximum absolute atomic E-state index is 11.3. The smallest absolute Gasteiger partial charge is 0.823 e. The fraction of sp³-hybridized carbons (Fsp3) is 0.167. The second-order valence-electron chi connectivity index (χ2n) is 10.6. The maximum Gasteiger partial charge on any atom is 4.00 e. The zero-order valence-corrected chi connectivity index (χ0v) is 43.9. The van der Waals surface area contributed by atoms with Gasteiger partial charge in [-0.25, -0.2) is 0 Å². The van der Waals surface area contributed by atoms with Gasteiger partial charge in [0.2, 0.25) is 0 Å². The molecule has 0 radical (unpaired) electrons. The molecule has 32 nitrogen and oxygen atoms in total. The number of nitrogens with one attached hydrogen (secondary N) is 8. The minimum absolute atomic E-state index is 0. The molecule has 0 atom stereocenters. The van der Waals surface area contributed by atoms with Gasteiger partial charge in [-0.2, -0.15) is 0 Å². The Morgan fingerprint density at radius 2 is 0.493 bits per heavy atom. The average Bonchev–Trinajstić information content (AvgIpc) is 3.20. The number of rotatable bonds is 8. The SMILES string of the molecule is [NH-][N+]([NH-])=C([O-])C1=C([N+](=O)[O-])C(Cl)=C(Cl)[N-]C1.[NH-][N+]([NH-])=C([O-])C1=C([N+](=O)[O-])C(Cl)=C(Cl)[N-]C1.[NH-][N+]([NH-])=C([O-])C1=C([N+](=O)[O-])C(Cl)=C(Cl)[N-]C1.[NH-][N+]([NH-])=C([O-])C1=C([N+](=O)[O-])C(Cl)=C(Cl)[N-]C1.[Pt+4].[Pt+4].[Pt+4]. The van der Waals surface area contributed by atoms with E-state index in [1.807, 2.05) is 0 Å². The van der Waals surface area contributed by atoms with E-state index in [2.05, 4.69) is 21.3 Å². The van der Waals surface area contributed by atoms with E-state index in [4.69, 9.17) is 140 Å². The molecule has 0 unspecified atom stereocenters. The van der Waals surface area contributed by atoms with Gasteiger partial charge in [-0.1, -0.05) is 72.6 Å². The molecule has 0 aromatic rings. The number of hydrogen-bond donors (Lipinski definition) is 0. The van der Waals surface area contributed by atoms with E-state index in [1.165, 1.54) is 0 Å². The molecule has 0 spiro atoms. The summed E-state index contributed by atoms with van der Waals surface area (Å²) in [5.74, 6) is 49.1. The fourth-order valence-electron chi connectivity index (χ4n) is 4.07. The summed E-state index contributed by atoms with van der Waals surface area (Å²) in [5, 5.41) is 99.1. The van der Waals surface area contributed by atoms with Gasteiger partial charge < -0.3 is 108 Å². The van der Waals surface area contributed by atoms with Crippen molar-refractivity contribution in [2.75, 3.05) is 26.2 Å². The molecule has 0 amide bonds. The van der Waals surface area contributed by atoms with Gasteiger partial charge in [0, 0.05) is 0 Å². The third kappa shape index (κ3) is 17.4. The molecule has 67 heavy (non-hydrogen) atoms. The van der Waals surface area contributed by atoms with Gasteiger partial charge >= 0.3 is 63.2 Å². The van der Waals surface area contributed by atoms with Gasteiger partial charge in [0.25, 0.3) is 22.8 Å². The zero-order valence-electron chi connectivity index (χ0n) is 31.1. The van der Waals surface area contributed by atoms with E-state index in [0.717, 1.165) is 0 Å². The van der Waals surface area contributed by atoms with Gasteiger partial charge in [-0.05, 0) is 20.6 Å². The van der Waals surface area contributed by atoms with Crippen molar-refractivity contribution in [3.63, 3.8) is 0 Å². The van der Waals surface area contributed by atoms with Crippen molar-refractivity contribution in [2.45, 2.75) is 0 Å². The van der Waals surface area contributed by atoms with Crippen molar-refractivity contribution < 1.29 is 122 Å².